The molecule has 1 aromatic heterocycles. The summed E-state index contributed by atoms with van der Waals surface area (Å²) in [4.78, 5) is 11.7. The Hall–Kier alpha value is -2.25. The molecule has 0 saturated carbocycles. The van der Waals surface area contributed by atoms with Crippen LogP contribution < -0.4 is 4.87 Å². The number of hydrogen-bond acceptors (Lipinski definition) is 4. The molecule has 7 heteroatoms. The highest BCUT2D eigenvalue weighted by Crippen LogP contribution is 2.26. The Bertz CT molecular complexity index is 1060. The van der Waals surface area contributed by atoms with Gasteiger partial charge in [-0.05, 0) is 31.2 Å². The molecule has 2 aromatic carbocycles. The lowest BCUT2D eigenvalue weighted by Gasteiger charge is -2.09. The second-order valence-electron chi connectivity index (χ2n) is 5.48. The lowest BCUT2D eigenvalue weighted by Crippen LogP contribution is -2.12. The Kier molecular flexibility index (Phi) is 4.15. The minimum Gasteiger partial charge on any atom is -0.267 e. The number of benzene rings is 2. The van der Waals surface area contributed by atoms with Crippen LogP contribution in [-0.2, 0) is 9.84 Å². The number of thiazole rings is 1. The number of rotatable bonds is 3. The molecule has 0 aliphatic heterocycles. The molecule has 0 spiro atoms. The van der Waals surface area contributed by atoms with Gasteiger partial charge in [0.2, 0.25) is 0 Å². The molecule has 0 N–H and O–H groups in total. The maximum absolute atomic E-state index is 14.2. The van der Waals surface area contributed by atoms with Crippen molar-refractivity contribution in [3.8, 4) is 16.9 Å². The molecular weight excluding hydrogens is 349 g/mol. The number of nitrogens with zero attached hydrogens (tertiary/aromatic N) is 1. The van der Waals surface area contributed by atoms with Crippen LogP contribution in [0.2, 0.25) is 0 Å². The van der Waals surface area contributed by atoms with Crippen molar-refractivity contribution in [2.75, 3.05) is 6.26 Å². The van der Waals surface area contributed by atoms with Crippen LogP contribution in [0.5, 0.6) is 0 Å². The van der Waals surface area contributed by atoms with E-state index in [2.05, 4.69) is 0 Å². The summed E-state index contributed by atoms with van der Waals surface area (Å²) in [7, 11) is -3.64. The first kappa shape index (κ1) is 16.6. The van der Waals surface area contributed by atoms with Crippen LogP contribution in [0.1, 0.15) is 5.56 Å². The van der Waals surface area contributed by atoms with Crippen molar-refractivity contribution in [3.05, 3.63) is 68.9 Å². The highest BCUT2D eigenvalue weighted by atomic mass is 32.2. The number of halogens is 1. The Labute approximate surface area is 142 Å². The molecule has 3 rings (SSSR count). The van der Waals surface area contributed by atoms with E-state index < -0.39 is 15.7 Å². The van der Waals surface area contributed by atoms with Crippen molar-refractivity contribution in [3.63, 3.8) is 0 Å². The zero-order chi connectivity index (χ0) is 17.5. The number of aryl methyl sites for hydroxylation is 1. The standard InChI is InChI=1S/C17H14FNO3S2/c1-11-3-6-13(7-4-11)19-15(10-23-17(19)20)12-5-8-16(14(18)9-12)24(2,21)22/h3-10H,1-2H3. The van der Waals surface area contributed by atoms with Crippen LogP contribution in [0.15, 0.2) is 57.5 Å². The average Bonchev–Trinajstić information content (AvgIpc) is 2.88. The summed E-state index contributed by atoms with van der Waals surface area (Å²) in [6.07, 6.45) is 0.956. The molecule has 0 fully saturated rings. The molecular formula is C17H14FNO3S2. The zero-order valence-corrected chi connectivity index (χ0v) is 14.6. The summed E-state index contributed by atoms with van der Waals surface area (Å²) in [5.74, 6) is -0.830. The van der Waals surface area contributed by atoms with E-state index in [-0.39, 0.29) is 9.77 Å². The van der Waals surface area contributed by atoms with Crippen molar-refractivity contribution in [1.29, 1.82) is 0 Å². The summed E-state index contributed by atoms with van der Waals surface area (Å²) in [5.41, 5.74) is 2.70. The van der Waals surface area contributed by atoms with Gasteiger partial charge in [-0.3, -0.25) is 9.36 Å². The van der Waals surface area contributed by atoms with Gasteiger partial charge in [-0.25, -0.2) is 12.8 Å². The fraction of sp³-hybridized carbons (Fsp3) is 0.118. The van der Waals surface area contributed by atoms with Crippen molar-refractivity contribution < 1.29 is 12.8 Å². The molecule has 0 bridgehead atoms. The fourth-order valence-electron chi connectivity index (χ4n) is 2.41. The second-order valence-corrected chi connectivity index (χ2v) is 8.28. The van der Waals surface area contributed by atoms with E-state index in [1.54, 1.807) is 5.38 Å². The molecule has 4 nitrogen and oxygen atoms in total. The predicted octanol–water partition coefficient (Wildman–Crippen LogP) is 3.42. The van der Waals surface area contributed by atoms with Gasteiger partial charge in [0, 0.05) is 17.2 Å². The Morgan fingerprint density at radius 2 is 1.75 bits per heavy atom. The number of hydrogen-bond donors (Lipinski definition) is 0. The normalized spacial score (nSPS) is 11.6. The molecule has 0 radical (unpaired) electrons. The van der Waals surface area contributed by atoms with E-state index in [1.165, 1.54) is 16.7 Å². The van der Waals surface area contributed by atoms with Gasteiger partial charge in [-0.15, -0.1) is 0 Å². The number of aromatic nitrogens is 1. The van der Waals surface area contributed by atoms with Gasteiger partial charge in [0.25, 0.3) is 0 Å². The summed E-state index contributed by atoms with van der Waals surface area (Å²) < 4.78 is 38.7. The molecule has 0 saturated heterocycles. The lowest BCUT2D eigenvalue weighted by atomic mass is 10.1. The molecule has 0 aliphatic carbocycles. The van der Waals surface area contributed by atoms with Gasteiger partial charge in [0.05, 0.1) is 11.4 Å². The van der Waals surface area contributed by atoms with Gasteiger partial charge in [-0.2, -0.15) is 0 Å². The van der Waals surface area contributed by atoms with Gasteiger partial charge in [0.15, 0.2) is 9.84 Å². The molecule has 0 unspecified atom stereocenters. The van der Waals surface area contributed by atoms with Crippen LogP contribution in [0, 0.1) is 12.7 Å². The van der Waals surface area contributed by atoms with Crippen molar-refractivity contribution >= 4 is 21.2 Å². The first-order valence-electron chi connectivity index (χ1n) is 7.05. The van der Waals surface area contributed by atoms with E-state index in [9.17, 15) is 17.6 Å². The van der Waals surface area contributed by atoms with E-state index in [1.807, 2.05) is 31.2 Å². The molecule has 3 aromatic rings. The largest absolute Gasteiger partial charge is 0.312 e. The Balaban J connectivity index is 2.17. The molecule has 124 valence electrons. The Morgan fingerprint density at radius 1 is 1.08 bits per heavy atom. The SMILES string of the molecule is Cc1ccc(-n2c(-c3ccc(S(C)(=O)=O)c(F)c3)csc2=O)cc1. The highest BCUT2D eigenvalue weighted by Gasteiger charge is 2.17. The monoisotopic (exact) mass is 363 g/mol. The average molecular weight is 363 g/mol. The molecule has 24 heavy (non-hydrogen) atoms. The van der Waals surface area contributed by atoms with Crippen LogP contribution in [0.25, 0.3) is 16.9 Å². The van der Waals surface area contributed by atoms with E-state index >= 15 is 0 Å². The van der Waals surface area contributed by atoms with E-state index in [0.717, 1.165) is 29.2 Å². The maximum atomic E-state index is 14.2. The lowest BCUT2D eigenvalue weighted by molar-refractivity contribution is 0.571. The quantitative estimate of drug-likeness (QED) is 0.716. The van der Waals surface area contributed by atoms with Crippen LogP contribution >= 0.6 is 11.3 Å². The van der Waals surface area contributed by atoms with Gasteiger partial charge < -0.3 is 0 Å². The van der Waals surface area contributed by atoms with E-state index in [0.29, 0.717) is 16.9 Å². The third-order valence-corrected chi connectivity index (χ3v) is 5.47. The summed E-state index contributed by atoms with van der Waals surface area (Å²) in [5, 5.41) is 1.64. The maximum Gasteiger partial charge on any atom is 0.312 e. The first-order chi connectivity index (χ1) is 11.3. The number of sulfone groups is 1. The Morgan fingerprint density at radius 3 is 2.33 bits per heavy atom. The zero-order valence-electron chi connectivity index (χ0n) is 13.0. The molecule has 1 heterocycles. The molecule has 0 atom stereocenters. The third-order valence-electron chi connectivity index (χ3n) is 3.61. The summed E-state index contributed by atoms with van der Waals surface area (Å²) >= 11 is 1.01. The van der Waals surface area contributed by atoms with E-state index in [4.69, 9.17) is 0 Å². The topological polar surface area (TPSA) is 56.1 Å². The van der Waals surface area contributed by atoms with Gasteiger partial charge >= 0.3 is 4.87 Å². The summed E-state index contributed by atoms with van der Waals surface area (Å²) in [6.45, 7) is 1.94. The first-order valence-corrected chi connectivity index (χ1v) is 9.82. The van der Waals surface area contributed by atoms with Crippen LogP contribution in [-0.4, -0.2) is 19.2 Å². The smallest absolute Gasteiger partial charge is 0.267 e. The van der Waals surface area contributed by atoms with Gasteiger partial charge in [0.1, 0.15) is 10.7 Å². The minimum absolute atomic E-state index is 0.193. The molecule has 0 aliphatic rings. The fourth-order valence-corrected chi connectivity index (χ4v) is 3.90. The summed E-state index contributed by atoms with van der Waals surface area (Å²) in [6, 6.07) is 11.3. The van der Waals surface area contributed by atoms with Gasteiger partial charge in [-0.1, -0.05) is 35.1 Å². The van der Waals surface area contributed by atoms with Crippen molar-refractivity contribution in [2.24, 2.45) is 0 Å². The van der Waals surface area contributed by atoms with Crippen molar-refractivity contribution in [1.82, 2.24) is 4.57 Å². The van der Waals surface area contributed by atoms with Crippen LogP contribution in [0.4, 0.5) is 4.39 Å². The molecule has 0 amide bonds. The predicted molar refractivity (Wildman–Crippen MR) is 93.2 cm³/mol. The minimum atomic E-state index is -3.64. The third kappa shape index (κ3) is 3.05. The van der Waals surface area contributed by atoms with Crippen molar-refractivity contribution in [2.45, 2.75) is 11.8 Å². The second kappa shape index (κ2) is 5.99. The van der Waals surface area contributed by atoms with Crippen LogP contribution in [0.3, 0.4) is 0 Å². The highest BCUT2D eigenvalue weighted by molar-refractivity contribution is 7.90.